The highest BCUT2D eigenvalue weighted by Crippen LogP contribution is 2.25. The normalized spacial score (nSPS) is 14.0. The van der Waals surface area contributed by atoms with Crippen LogP contribution in [-0.2, 0) is 6.42 Å². The van der Waals surface area contributed by atoms with Gasteiger partial charge in [0.15, 0.2) is 0 Å². The predicted molar refractivity (Wildman–Crippen MR) is 92.8 cm³/mol. The Morgan fingerprint density at radius 1 is 1.14 bits per heavy atom. The monoisotopic (exact) mass is 316 g/mol. The number of halogens is 1. The largest absolute Gasteiger partial charge is 0.385 e. The summed E-state index contributed by atoms with van der Waals surface area (Å²) < 4.78 is 0. The Hall–Kier alpha value is -2.00. The van der Waals surface area contributed by atoms with E-state index in [2.05, 4.69) is 10.6 Å². The number of anilines is 1. The van der Waals surface area contributed by atoms with Gasteiger partial charge in [0.1, 0.15) is 0 Å². The van der Waals surface area contributed by atoms with Gasteiger partial charge < -0.3 is 10.6 Å². The summed E-state index contributed by atoms with van der Waals surface area (Å²) in [6.45, 7) is 3.00. The van der Waals surface area contributed by atoms with Crippen LogP contribution in [0.15, 0.2) is 48.5 Å². The second kappa shape index (κ2) is 7.32. The summed E-state index contributed by atoms with van der Waals surface area (Å²) in [5.74, 6) is 0.00639. The number of rotatable bonds is 3. The van der Waals surface area contributed by atoms with Crippen molar-refractivity contribution in [1.82, 2.24) is 5.32 Å². The van der Waals surface area contributed by atoms with Crippen LogP contribution in [0.1, 0.15) is 40.9 Å². The molecule has 2 aromatic carbocycles. The Bertz CT molecular complexity index is 643. The second-order valence-corrected chi connectivity index (χ2v) is 5.47. The number of hydrogen-bond acceptors (Lipinski definition) is 2. The molecular formula is C18H21ClN2O. The molecule has 1 aliphatic heterocycles. The summed E-state index contributed by atoms with van der Waals surface area (Å²) >= 11 is 0. The Morgan fingerprint density at radius 3 is 2.68 bits per heavy atom. The van der Waals surface area contributed by atoms with E-state index < -0.39 is 0 Å². The molecule has 2 aromatic rings. The quantitative estimate of drug-likeness (QED) is 0.900. The highest BCUT2D eigenvalue weighted by Gasteiger charge is 2.18. The number of carbonyl (C=O) groups excluding carboxylic acids is 1. The summed E-state index contributed by atoms with van der Waals surface area (Å²) in [6.07, 6.45) is 2.04. The van der Waals surface area contributed by atoms with Gasteiger partial charge in [-0.3, -0.25) is 4.79 Å². The molecule has 22 heavy (non-hydrogen) atoms. The first kappa shape index (κ1) is 16.4. The fourth-order valence-corrected chi connectivity index (χ4v) is 2.82. The SMILES string of the molecule is C[C@@H](NC(=O)c1cccc2c1CCCN2)c1ccccc1.Cl. The van der Waals surface area contributed by atoms with Crippen LogP contribution in [0.4, 0.5) is 5.69 Å². The van der Waals surface area contributed by atoms with Crippen molar-refractivity contribution < 1.29 is 4.79 Å². The molecule has 3 nitrogen and oxygen atoms in total. The Labute approximate surface area is 137 Å². The molecule has 0 bridgehead atoms. The van der Waals surface area contributed by atoms with E-state index in [0.717, 1.165) is 41.8 Å². The van der Waals surface area contributed by atoms with Gasteiger partial charge >= 0.3 is 0 Å². The van der Waals surface area contributed by atoms with Crippen LogP contribution >= 0.6 is 12.4 Å². The fourth-order valence-electron chi connectivity index (χ4n) is 2.82. The number of benzene rings is 2. The van der Waals surface area contributed by atoms with E-state index >= 15 is 0 Å². The lowest BCUT2D eigenvalue weighted by Crippen LogP contribution is -2.28. The molecule has 0 saturated carbocycles. The topological polar surface area (TPSA) is 41.1 Å². The van der Waals surface area contributed by atoms with Crippen molar-refractivity contribution in [2.45, 2.75) is 25.8 Å². The van der Waals surface area contributed by atoms with Crippen molar-refractivity contribution in [2.24, 2.45) is 0 Å². The molecule has 116 valence electrons. The van der Waals surface area contributed by atoms with Crippen molar-refractivity contribution in [2.75, 3.05) is 11.9 Å². The molecule has 0 fully saturated rings. The van der Waals surface area contributed by atoms with Crippen molar-refractivity contribution in [3.8, 4) is 0 Å². The number of carbonyl (C=O) groups is 1. The van der Waals surface area contributed by atoms with Gasteiger partial charge in [0.2, 0.25) is 0 Å². The van der Waals surface area contributed by atoms with Gasteiger partial charge in [-0.05, 0) is 43.0 Å². The van der Waals surface area contributed by atoms with Crippen LogP contribution in [-0.4, -0.2) is 12.5 Å². The van der Waals surface area contributed by atoms with Gasteiger partial charge in [0, 0.05) is 17.8 Å². The van der Waals surface area contributed by atoms with Crippen LogP contribution in [0.25, 0.3) is 0 Å². The molecule has 1 atom stereocenters. The Balaban J connectivity index is 0.00000176. The van der Waals surface area contributed by atoms with E-state index in [4.69, 9.17) is 0 Å². The molecule has 0 unspecified atom stereocenters. The molecule has 1 aliphatic rings. The molecular weight excluding hydrogens is 296 g/mol. The van der Waals surface area contributed by atoms with Crippen LogP contribution in [0.2, 0.25) is 0 Å². The van der Waals surface area contributed by atoms with Gasteiger partial charge in [-0.25, -0.2) is 0 Å². The lowest BCUT2D eigenvalue weighted by Gasteiger charge is -2.22. The second-order valence-electron chi connectivity index (χ2n) is 5.47. The van der Waals surface area contributed by atoms with Crippen molar-refractivity contribution in [3.05, 3.63) is 65.2 Å². The molecule has 3 rings (SSSR count). The summed E-state index contributed by atoms with van der Waals surface area (Å²) in [7, 11) is 0. The Kier molecular flexibility index (Phi) is 5.45. The third kappa shape index (κ3) is 3.42. The molecule has 4 heteroatoms. The van der Waals surface area contributed by atoms with Crippen LogP contribution in [0.5, 0.6) is 0 Å². The summed E-state index contributed by atoms with van der Waals surface area (Å²) in [4.78, 5) is 12.6. The zero-order valence-corrected chi connectivity index (χ0v) is 13.5. The average Bonchev–Trinajstić information content (AvgIpc) is 2.55. The molecule has 0 spiro atoms. The smallest absolute Gasteiger partial charge is 0.252 e. The van der Waals surface area contributed by atoms with Gasteiger partial charge in [-0.15, -0.1) is 12.4 Å². The first-order valence-corrected chi connectivity index (χ1v) is 7.47. The number of amides is 1. The van der Waals surface area contributed by atoms with Crippen molar-refractivity contribution in [1.29, 1.82) is 0 Å². The predicted octanol–water partition coefficient (Wildman–Crippen LogP) is 3.96. The number of nitrogens with one attached hydrogen (secondary N) is 2. The number of hydrogen-bond donors (Lipinski definition) is 2. The molecule has 1 heterocycles. The maximum Gasteiger partial charge on any atom is 0.252 e. The minimum atomic E-state index is 0. The zero-order valence-electron chi connectivity index (χ0n) is 12.6. The average molecular weight is 317 g/mol. The van der Waals surface area contributed by atoms with E-state index in [1.54, 1.807) is 0 Å². The van der Waals surface area contributed by atoms with Crippen molar-refractivity contribution in [3.63, 3.8) is 0 Å². The zero-order chi connectivity index (χ0) is 14.7. The van der Waals surface area contributed by atoms with E-state index in [1.807, 2.05) is 55.5 Å². The maximum atomic E-state index is 12.6. The van der Waals surface area contributed by atoms with E-state index in [9.17, 15) is 4.79 Å². The van der Waals surface area contributed by atoms with Gasteiger partial charge in [0.05, 0.1) is 6.04 Å². The van der Waals surface area contributed by atoms with E-state index in [-0.39, 0.29) is 24.4 Å². The third-order valence-electron chi connectivity index (χ3n) is 3.99. The van der Waals surface area contributed by atoms with E-state index in [0.29, 0.717) is 0 Å². The summed E-state index contributed by atoms with van der Waals surface area (Å²) in [5.41, 5.74) is 4.15. The fraction of sp³-hybridized carbons (Fsp3) is 0.278. The minimum absolute atomic E-state index is 0. The summed E-state index contributed by atoms with van der Waals surface area (Å²) in [6, 6.07) is 15.9. The van der Waals surface area contributed by atoms with Crippen LogP contribution in [0.3, 0.4) is 0 Å². The number of fused-ring (bicyclic) bond motifs is 1. The van der Waals surface area contributed by atoms with Gasteiger partial charge in [-0.1, -0.05) is 36.4 Å². The first-order valence-electron chi connectivity index (χ1n) is 7.47. The maximum absolute atomic E-state index is 12.6. The molecule has 0 radical (unpaired) electrons. The molecule has 1 amide bonds. The lowest BCUT2D eigenvalue weighted by atomic mass is 9.96. The first-order chi connectivity index (χ1) is 10.3. The van der Waals surface area contributed by atoms with Gasteiger partial charge in [-0.2, -0.15) is 0 Å². The molecule has 0 aliphatic carbocycles. The third-order valence-corrected chi connectivity index (χ3v) is 3.99. The van der Waals surface area contributed by atoms with Gasteiger partial charge in [0.25, 0.3) is 5.91 Å². The lowest BCUT2D eigenvalue weighted by molar-refractivity contribution is 0.0939. The highest BCUT2D eigenvalue weighted by molar-refractivity contribution is 5.97. The molecule has 0 aromatic heterocycles. The summed E-state index contributed by atoms with van der Waals surface area (Å²) in [5, 5.41) is 6.46. The van der Waals surface area contributed by atoms with E-state index in [1.165, 1.54) is 0 Å². The Morgan fingerprint density at radius 2 is 1.91 bits per heavy atom. The standard InChI is InChI=1S/C18H20N2O.ClH/c1-13(14-7-3-2-4-8-14)20-18(21)16-9-5-11-17-15(16)10-6-12-19-17;/h2-5,7-9,11,13,19H,6,10,12H2,1H3,(H,20,21);1H/t13-;/m1./s1. The molecule has 0 saturated heterocycles. The van der Waals surface area contributed by atoms with Crippen LogP contribution in [0, 0.1) is 0 Å². The van der Waals surface area contributed by atoms with Crippen molar-refractivity contribution >= 4 is 24.0 Å². The van der Waals surface area contributed by atoms with Crippen LogP contribution < -0.4 is 10.6 Å². The minimum Gasteiger partial charge on any atom is -0.385 e. The highest BCUT2D eigenvalue weighted by atomic mass is 35.5. The molecule has 2 N–H and O–H groups in total.